The molecular formula is C16H34N2. The van der Waals surface area contributed by atoms with E-state index < -0.39 is 0 Å². The van der Waals surface area contributed by atoms with Crippen LogP contribution >= 0.6 is 0 Å². The molecule has 0 atom stereocenters. The molecule has 0 spiro atoms. The van der Waals surface area contributed by atoms with E-state index in [2.05, 4.69) is 58.8 Å². The third kappa shape index (κ3) is 1.76. The van der Waals surface area contributed by atoms with Gasteiger partial charge in [0.1, 0.15) is 0 Å². The summed E-state index contributed by atoms with van der Waals surface area (Å²) in [6.07, 6.45) is 7.27. The quantitative estimate of drug-likeness (QED) is 0.766. The van der Waals surface area contributed by atoms with Crippen molar-refractivity contribution in [3.05, 3.63) is 0 Å². The van der Waals surface area contributed by atoms with Gasteiger partial charge >= 0.3 is 0 Å². The largest absolute Gasteiger partial charge is 0.292 e. The Morgan fingerprint density at radius 3 is 1.39 bits per heavy atom. The monoisotopic (exact) mass is 254 g/mol. The van der Waals surface area contributed by atoms with Crippen molar-refractivity contribution in [1.29, 1.82) is 0 Å². The Labute approximate surface area is 115 Å². The molecule has 0 radical (unpaired) electrons. The fraction of sp³-hybridized carbons (Fsp3) is 1.00. The molecule has 2 nitrogen and oxygen atoms in total. The summed E-state index contributed by atoms with van der Waals surface area (Å²) < 4.78 is 0. The summed E-state index contributed by atoms with van der Waals surface area (Å²) in [4.78, 5) is 2.69. The third-order valence-corrected chi connectivity index (χ3v) is 6.19. The van der Waals surface area contributed by atoms with Crippen molar-refractivity contribution in [3.8, 4) is 0 Å². The third-order valence-electron chi connectivity index (χ3n) is 6.19. The fourth-order valence-corrected chi connectivity index (χ4v) is 4.76. The van der Waals surface area contributed by atoms with Gasteiger partial charge in [-0.15, -0.1) is 0 Å². The molecule has 1 aliphatic rings. The van der Waals surface area contributed by atoms with Crippen molar-refractivity contribution in [3.63, 3.8) is 0 Å². The highest BCUT2D eigenvalue weighted by Gasteiger charge is 2.61. The minimum atomic E-state index is 0.192. The summed E-state index contributed by atoms with van der Waals surface area (Å²) in [5.74, 6) is 0. The molecule has 0 unspecified atom stereocenters. The fourth-order valence-electron chi connectivity index (χ4n) is 4.76. The van der Waals surface area contributed by atoms with Crippen LogP contribution in [0, 0.1) is 0 Å². The van der Waals surface area contributed by atoms with E-state index in [1.54, 1.807) is 0 Å². The summed E-state index contributed by atoms with van der Waals surface area (Å²) in [5, 5.41) is 4.09. The van der Waals surface area contributed by atoms with Gasteiger partial charge < -0.3 is 0 Å². The molecule has 0 saturated carbocycles. The number of nitrogens with one attached hydrogen (secondary N) is 1. The van der Waals surface area contributed by atoms with Crippen LogP contribution in [0.2, 0.25) is 0 Å². The Kier molecular flexibility index (Phi) is 4.88. The zero-order chi connectivity index (χ0) is 14.0. The van der Waals surface area contributed by atoms with Crippen LogP contribution in [-0.4, -0.2) is 28.7 Å². The maximum atomic E-state index is 4.09. The Hall–Kier alpha value is -0.0800. The average molecular weight is 254 g/mol. The van der Waals surface area contributed by atoms with Gasteiger partial charge in [0.25, 0.3) is 0 Å². The maximum absolute atomic E-state index is 4.09. The standard InChI is InChI=1S/C16H34N2/c1-8-14(9-2)15(10-3,11-4)18(7)16(12-5,13-6)17-14/h17H,8-13H2,1-7H3. The van der Waals surface area contributed by atoms with Crippen molar-refractivity contribution < 1.29 is 0 Å². The zero-order valence-electron chi connectivity index (χ0n) is 13.7. The summed E-state index contributed by atoms with van der Waals surface area (Å²) in [5.41, 5.74) is 0.776. The van der Waals surface area contributed by atoms with Gasteiger partial charge in [0.05, 0.1) is 5.66 Å². The summed E-state index contributed by atoms with van der Waals surface area (Å²) >= 11 is 0. The van der Waals surface area contributed by atoms with Gasteiger partial charge in [0.15, 0.2) is 0 Å². The first-order valence-electron chi connectivity index (χ1n) is 8.01. The first-order chi connectivity index (χ1) is 8.48. The SMILES string of the molecule is CCC1(CC)NC(CC)(CC)C(CC)(CC)N1C. The van der Waals surface area contributed by atoms with E-state index in [0.29, 0.717) is 5.54 Å². The topological polar surface area (TPSA) is 15.3 Å². The minimum Gasteiger partial charge on any atom is -0.292 e. The molecule has 1 fully saturated rings. The van der Waals surface area contributed by atoms with Crippen LogP contribution in [0.4, 0.5) is 0 Å². The minimum absolute atomic E-state index is 0.192. The molecule has 0 aromatic carbocycles. The Balaban J connectivity index is 3.35. The normalized spacial score (nSPS) is 25.5. The van der Waals surface area contributed by atoms with Crippen LogP contribution < -0.4 is 5.32 Å². The highest BCUT2D eigenvalue weighted by Crippen LogP contribution is 2.50. The Morgan fingerprint density at radius 1 is 0.722 bits per heavy atom. The highest BCUT2D eigenvalue weighted by molar-refractivity contribution is 5.19. The molecule has 108 valence electrons. The van der Waals surface area contributed by atoms with Crippen molar-refractivity contribution in [2.45, 2.75) is 96.8 Å². The first kappa shape index (κ1) is 16.0. The lowest BCUT2D eigenvalue weighted by Crippen LogP contribution is -2.59. The summed E-state index contributed by atoms with van der Waals surface area (Å²) in [6, 6.07) is 0. The molecule has 0 aliphatic carbocycles. The molecule has 0 amide bonds. The van der Waals surface area contributed by atoms with Gasteiger partial charge in [0.2, 0.25) is 0 Å². The zero-order valence-corrected chi connectivity index (χ0v) is 13.7. The number of nitrogens with zero attached hydrogens (tertiary/aromatic N) is 1. The predicted octanol–water partition coefficient (Wildman–Crippen LogP) is 4.16. The second-order valence-electron chi connectivity index (χ2n) is 5.95. The van der Waals surface area contributed by atoms with Crippen LogP contribution in [0.25, 0.3) is 0 Å². The van der Waals surface area contributed by atoms with Gasteiger partial charge in [-0.1, -0.05) is 41.5 Å². The smallest absolute Gasteiger partial charge is 0.0714 e. The van der Waals surface area contributed by atoms with E-state index in [1.807, 2.05) is 0 Å². The van der Waals surface area contributed by atoms with Crippen molar-refractivity contribution >= 4 is 0 Å². The Bertz CT molecular complexity index is 260. The molecule has 1 aliphatic heterocycles. The van der Waals surface area contributed by atoms with Crippen LogP contribution in [0.5, 0.6) is 0 Å². The molecule has 2 heteroatoms. The lowest BCUT2D eigenvalue weighted by atomic mass is 9.70. The van der Waals surface area contributed by atoms with Crippen LogP contribution in [0.3, 0.4) is 0 Å². The molecule has 1 N–H and O–H groups in total. The van der Waals surface area contributed by atoms with Gasteiger partial charge in [-0.05, 0) is 45.6 Å². The molecule has 1 saturated heterocycles. The maximum Gasteiger partial charge on any atom is 0.0714 e. The molecule has 0 aromatic heterocycles. The number of hydrogen-bond donors (Lipinski definition) is 1. The Morgan fingerprint density at radius 2 is 1.17 bits per heavy atom. The van der Waals surface area contributed by atoms with E-state index in [1.165, 1.54) is 38.5 Å². The highest BCUT2D eigenvalue weighted by atomic mass is 15.5. The van der Waals surface area contributed by atoms with E-state index in [9.17, 15) is 0 Å². The number of likely N-dealkylation sites (N-methyl/N-ethyl adjacent to an activating group) is 1. The van der Waals surface area contributed by atoms with E-state index >= 15 is 0 Å². The van der Waals surface area contributed by atoms with Crippen molar-refractivity contribution in [1.82, 2.24) is 10.2 Å². The van der Waals surface area contributed by atoms with Gasteiger partial charge in [-0.3, -0.25) is 10.2 Å². The lowest BCUT2D eigenvalue weighted by molar-refractivity contribution is 0.0289. The first-order valence-corrected chi connectivity index (χ1v) is 8.01. The molecule has 18 heavy (non-hydrogen) atoms. The second kappa shape index (κ2) is 5.50. The van der Waals surface area contributed by atoms with E-state index in [4.69, 9.17) is 0 Å². The second-order valence-corrected chi connectivity index (χ2v) is 5.95. The average Bonchev–Trinajstić information content (AvgIpc) is 2.65. The molecule has 1 heterocycles. The molecule has 0 bridgehead atoms. The van der Waals surface area contributed by atoms with Crippen LogP contribution in [0.15, 0.2) is 0 Å². The summed E-state index contributed by atoms with van der Waals surface area (Å²) in [7, 11) is 2.35. The van der Waals surface area contributed by atoms with Gasteiger partial charge in [0, 0.05) is 11.1 Å². The number of hydrogen-bond acceptors (Lipinski definition) is 2. The number of rotatable bonds is 6. The molecular weight excluding hydrogens is 220 g/mol. The van der Waals surface area contributed by atoms with Gasteiger partial charge in [-0.25, -0.2) is 0 Å². The molecule has 0 aromatic rings. The van der Waals surface area contributed by atoms with Crippen molar-refractivity contribution in [2.24, 2.45) is 0 Å². The van der Waals surface area contributed by atoms with Crippen molar-refractivity contribution in [2.75, 3.05) is 7.05 Å². The predicted molar refractivity (Wildman–Crippen MR) is 80.8 cm³/mol. The summed E-state index contributed by atoms with van der Waals surface area (Å²) in [6.45, 7) is 14.1. The van der Waals surface area contributed by atoms with Crippen LogP contribution in [0.1, 0.15) is 80.1 Å². The van der Waals surface area contributed by atoms with Gasteiger partial charge in [-0.2, -0.15) is 0 Å². The van der Waals surface area contributed by atoms with E-state index in [-0.39, 0.29) is 11.2 Å². The molecule has 1 rings (SSSR count). The van der Waals surface area contributed by atoms with E-state index in [0.717, 1.165) is 0 Å². The lowest BCUT2D eigenvalue weighted by Gasteiger charge is -2.48. The van der Waals surface area contributed by atoms with Crippen LogP contribution in [-0.2, 0) is 0 Å².